The smallest absolute Gasteiger partial charge is 0.252 e. The van der Waals surface area contributed by atoms with Crippen LogP contribution in [0, 0.1) is 11.3 Å². The van der Waals surface area contributed by atoms with E-state index in [0.29, 0.717) is 17.3 Å². The van der Waals surface area contributed by atoms with Gasteiger partial charge in [-0.1, -0.05) is 12.1 Å². The molecule has 7 nitrogen and oxygen atoms in total. The minimum Gasteiger partial charge on any atom is -0.364 e. The molecule has 0 N–H and O–H groups in total. The van der Waals surface area contributed by atoms with Crippen molar-refractivity contribution in [3.63, 3.8) is 0 Å². The van der Waals surface area contributed by atoms with Crippen molar-refractivity contribution in [3.05, 3.63) is 70.3 Å². The monoisotopic (exact) mass is 440 g/mol. The van der Waals surface area contributed by atoms with Crippen molar-refractivity contribution in [2.75, 3.05) is 18.0 Å². The van der Waals surface area contributed by atoms with Crippen molar-refractivity contribution in [2.45, 2.75) is 32.5 Å². The zero-order valence-electron chi connectivity index (χ0n) is 19.5. The van der Waals surface area contributed by atoms with Gasteiger partial charge >= 0.3 is 0 Å². The number of fused-ring (bicyclic) bond motifs is 2. The van der Waals surface area contributed by atoms with Crippen molar-refractivity contribution in [1.29, 1.82) is 5.26 Å². The van der Waals surface area contributed by atoms with Crippen LogP contribution in [0.3, 0.4) is 0 Å². The normalized spacial score (nSPS) is 19.3. The standard InChI is InChI=1S/C26H28N6O/c1-17-15-32(24-12-25(33)30(4)23-9-8-20(13-27)28-26(23)24)18(2)14-31(17)16-19-6-5-7-22-21(19)10-11-29(22)3/h5-12,17-18H,14-16H2,1-4H3/t17-,18+/m1/s1. The molecule has 0 saturated carbocycles. The van der Waals surface area contributed by atoms with E-state index in [4.69, 9.17) is 0 Å². The van der Waals surface area contributed by atoms with Gasteiger partial charge in [0.1, 0.15) is 17.3 Å². The quantitative estimate of drug-likeness (QED) is 0.488. The fourth-order valence-corrected chi connectivity index (χ4v) is 5.07. The lowest BCUT2D eigenvalue weighted by molar-refractivity contribution is 0.158. The predicted octanol–water partition coefficient (Wildman–Crippen LogP) is 3.40. The summed E-state index contributed by atoms with van der Waals surface area (Å²) in [5.41, 5.74) is 5.14. The molecule has 0 amide bonds. The number of aryl methyl sites for hydroxylation is 2. The zero-order chi connectivity index (χ0) is 23.3. The van der Waals surface area contributed by atoms with E-state index in [2.05, 4.69) is 76.8 Å². The minimum absolute atomic E-state index is 0.0676. The first kappa shape index (κ1) is 21.2. The van der Waals surface area contributed by atoms with Gasteiger partial charge < -0.3 is 14.0 Å². The number of rotatable bonds is 3. The van der Waals surface area contributed by atoms with E-state index in [9.17, 15) is 10.1 Å². The summed E-state index contributed by atoms with van der Waals surface area (Å²) in [5, 5.41) is 10.7. The number of nitriles is 1. The summed E-state index contributed by atoms with van der Waals surface area (Å²) in [7, 11) is 3.83. The van der Waals surface area contributed by atoms with Crippen molar-refractivity contribution in [2.24, 2.45) is 14.1 Å². The highest BCUT2D eigenvalue weighted by Crippen LogP contribution is 2.30. The molecule has 1 aliphatic heterocycles. The van der Waals surface area contributed by atoms with Crippen LogP contribution in [0.1, 0.15) is 25.1 Å². The molecule has 4 heterocycles. The number of pyridine rings is 2. The molecule has 0 spiro atoms. The lowest BCUT2D eigenvalue weighted by Gasteiger charge is -2.45. The molecular formula is C26H28N6O. The molecule has 3 aromatic heterocycles. The van der Waals surface area contributed by atoms with Gasteiger partial charge in [-0.3, -0.25) is 9.69 Å². The van der Waals surface area contributed by atoms with Gasteiger partial charge in [0.05, 0.1) is 11.2 Å². The average Bonchev–Trinajstić information content (AvgIpc) is 3.20. The van der Waals surface area contributed by atoms with E-state index >= 15 is 0 Å². The van der Waals surface area contributed by atoms with Gasteiger partial charge in [-0.25, -0.2) is 4.98 Å². The summed E-state index contributed by atoms with van der Waals surface area (Å²) in [6, 6.07) is 16.5. The Hall–Kier alpha value is -3.63. The number of benzene rings is 1. The second-order valence-electron chi connectivity index (χ2n) is 9.16. The molecule has 5 rings (SSSR count). The molecule has 0 bridgehead atoms. The Bertz CT molecular complexity index is 1460. The number of nitrogens with zero attached hydrogens (tertiary/aromatic N) is 6. The average molecular weight is 441 g/mol. The zero-order valence-corrected chi connectivity index (χ0v) is 19.5. The third-order valence-electron chi connectivity index (χ3n) is 7.00. The van der Waals surface area contributed by atoms with Crippen LogP contribution >= 0.6 is 0 Å². The Balaban J connectivity index is 1.48. The Morgan fingerprint density at radius 1 is 1.06 bits per heavy atom. The molecule has 7 heteroatoms. The molecule has 1 aromatic carbocycles. The van der Waals surface area contributed by atoms with Crippen molar-refractivity contribution < 1.29 is 0 Å². The van der Waals surface area contributed by atoms with Crippen LogP contribution in [-0.4, -0.2) is 44.2 Å². The maximum absolute atomic E-state index is 12.7. The number of hydrogen-bond acceptors (Lipinski definition) is 5. The van der Waals surface area contributed by atoms with E-state index in [1.165, 1.54) is 16.5 Å². The second-order valence-corrected chi connectivity index (χ2v) is 9.16. The molecule has 168 valence electrons. The SMILES string of the molecule is C[C@@H]1CN(c2cc(=O)n(C)c3ccc(C#N)nc23)[C@@H](C)CN1Cc1cccc2c1ccn2C. The summed E-state index contributed by atoms with van der Waals surface area (Å²) in [6.07, 6.45) is 2.11. The molecule has 0 radical (unpaired) electrons. The van der Waals surface area contributed by atoms with Crippen LogP contribution in [0.4, 0.5) is 5.69 Å². The van der Waals surface area contributed by atoms with Gasteiger partial charge in [-0.2, -0.15) is 5.26 Å². The lowest BCUT2D eigenvalue weighted by atomic mass is 10.0. The first-order valence-electron chi connectivity index (χ1n) is 11.3. The van der Waals surface area contributed by atoms with Crippen LogP contribution in [0.25, 0.3) is 21.9 Å². The van der Waals surface area contributed by atoms with Crippen LogP contribution in [-0.2, 0) is 20.6 Å². The maximum atomic E-state index is 12.7. The van der Waals surface area contributed by atoms with E-state index in [1.807, 2.05) is 6.07 Å². The van der Waals surface area contributed by atoms with E-state index in [1.54, 1.807) is 23.7 Å². The van der Waals surface area contributed by atoms with E-state index in [-0.39, 0.29) is 11.6 Å². The van der Waals surface area contributed by atoms with Gasteiger partial charge in [-0.05, 0) is 43.7 Å². The summed E-state index contributed by atoms with van der Waals surface area (Å²) in [6.45, 7) is 6.97. The highest BCUT2D eigenvalue weighted by atomic mass is 16.1. The second kappa shape index (κ2) is 8.05. The third-order valence-corrected chi connectivity index (χ3v) is 7.00. The molecule has 0 aliphatic carbocycles. The van der Waals surface area contributed by atoms with Crippen LogP contribution in [0.2, 0.25) is 0 Å². The predicted molar refractivity (Wildman–Crippen MR) is 131 cm³/mol. The summed E-state index contributed by atoms with van der Waals surface area (Å²) >= 11 is 0. The Kier molecular flexibility index (Phi) is 5.18. The molecule has 0 unspecified atom stereocenters. The number of piperazine rings is 1. The first-order valence-corrected chi connectivity index (χ1v) is 11.3. The summed E-state index contributed by atoms with van der Waals surface area (Å²) < 4.78 is 3.75. The van der Waals surface area contributed by atoms with E-state index in [0.717, 1.165) is 30.8 Å². The topological polar surface area (TPSA) is 70.1 Å². The molecule has 1 aliphatic rings. The number of hydrogen-bond donors (Lipinski definition) is 0. The molecule has 1 saturated heterocycles. The highest BCUT2D eigenvalue weighted by Gasteiger charge is 2.31. The van der Waals surface area contributed by atoms with Gasteiger partial charge in [0.25, 0.3) is 5.56 Å². The van der Waals surface area contributed by atoms with Crippen molar-refractivity contribution >= 4 is 27.6 Å². The Labute approximate surface area is 193 Å². The number of anilines is 1. The molecule has 2 atom stereocenters. The van der Waals surface area contributed by atoms with Gasteiger partial charge in [0, 0.05) is 69.0 Å². The molecular weight excluding hydrogens is 412 g/mol. The van der Waals surface area contributed by atoms with Crippen LogP contribution in [0.15, 0.2) is 53.5 Å². The third kappa shape index (κ3) is 3.57. The maximum Gasteiger partial charge on any atom is 0.252 e. The minimum atomic E-state index is -0.0676. The largest absolute Gasteiger partial charge is 0.364 e. The first-order chi connectivity index (χ1) is 15.9. The lowest BCUT2D eigenvalue weighted by Crippen LogP contribution is -2.56. The fraction of sp³-hybridized carbons (Fsp3) is 0.346. The Morgan fingerprint density at radius 3 is 2.67 bits per heavy atom. The van der Waals surface area contributed by atoms with Gasteiger partial charge in [0.2, 0.25) is 0 Å². The van der Waals surface area contributed by atoms with Crippen molar-refractivity contribution in [3.8, 4) is 6.07 Å². The summed E-state index contributed by atoms with van der Waals surface area (Å²) in [4.78, 5) is 22.1. The van der Waals surface area contributed by atoms with Crippen LogP contribution in [0.5, 0.6) is 0 Å². The Morgan fingerprint density at radius 2 is 1.88 bits per heavy atom. The molecule has 1 fully saturated rings. The summed E-state index contributed by atoms with van der Waals surface area (Å²) in [5.74, 6) is 0. The molecule has 33 heavy (non-hydrogen) atoms. The number of aromatic nitrogens is 3. The van der Waals surface area contributed by atoms with Crippen LogP contribution < -0.4 is 10.5 Å². The van der Waals surface area contributed by atoms with Crippen molar-refractivity contribution in [1.82, 2.24) is 19.0 Å². The van der Waals surface area contributed by atoms with E-state index < -0.39 is 0 Å². The highest BCUT2D eigenvalue weighted by molar-refractivity contribution is 5.89. The fourth-order valence-electron chi connectivity index (χ4n) is 5.07. The molecule has 4 aromatic rings. The van der Waals surface area contributed by atoms with Gasteiger partial charge in [-0.15, -0.1) is 0 Å². The van der Waals surface area contributed by atoms with Gasteiger partial charge in [0.15, 0.2) is 0 Å².